The monoisotopic (exact) mass is 330 g/mol. The van der Waals surface area contributed by atoms with Gasteiger partial charge >= 0.3 is 0 Å². The third kappa shape index (κ3) is 2.87. The lowest BCUT2D eigenvalue weighted by Crippen LogP contribution is -2.45. The Morgan fingerprint density at radius 3 is 2.78 bits per heavy atom. The van der Waals surface area contributed by atoms with Gasteiger partial charge in [0, 0.05) is 0 Å². The van der Waals surface area contributed by atoms with Gasteiger partial charge in [-0.1, -0.05) is 18.3 Å². The zero-order valence-corrected chi connectivity index (χ0v) is 11.9. The van der Waals surface area contributed by atoms with Crippen LogP contribution in [-0.4, -0.2) is 16.9 Å². The zero-order valence-electron chi connectivity index (χ0n) is 9.45. The number of hydrogen-bond donors (Lipinski definition) is 2. The maximum atomic E-state index is 13.3. The Balaban J connectivity index is 2.16. The second kappa shape index (κ2) is 5.32. The SMILES string of the molecule is NC(=S)C(NC(=O)c1cccc(F)c1Br)C1CC1. The quantitative estimate of drug-likeness (QED) is 0.833. The van der Waals surface area contributed by atoms with Gasteiger partial charge in [0.25, 0.3) is 5.91 Å². The second-order valence-electron chi connectivity index (χ2n) is 4.29. The molecule has 0 radical (unpaired) electrons. The van der Waals surface area contributed by atoms with Crippen LogP contribution in [0.1, 0.15) is 23.2 Å². The van der Waals surface area contributed by atoms with E-state index in [2.05, 4.69) is 21.2 Å². The summed E-state index contributed by atoms with van der Waals surface area (Å²) in [6.07, 6.45) is 2.01. The Hall–Kier alpha value is -1.01. The van der Waals surface area contributed by atoms with Crippen molar-refractivity contribution in [1.82, 2.24) is 5.32 Å². The van der Waals surface area contributed by atoms with Crippen LogP contribution in [0.25, 0.3) is 0 Å². The van der Waals surface area contributed by atoms with Gasteiger partial charge in [-0.05, 0) is 46.8 Å². The number of benzene rings is 1. The first kappa shape index (κ1) is 13.4. The lowest BCUT2D eigenvalue weighted by molar-refractivity contribution is 0.0942. The molecule has 2 rings (SSSR count). The highest BCUT2D eigenvalue weighted by atomic mass is 79.9. The molecule has 1 aliphatic rings. The summed E-state index contributed by atoms with van der Waals surface area (Å²) in [4.78, 5) is 12.3. The van der Waals surface area contributed by atoms with Gasteiger partial charge in [-0.15, -0.1) is 0 Å². The average molecular weight is 331 g/mol. The summed E-state index contributed by atoms with van der Waals surface area (Å²) in [6, 6.07) is 4.02. The number of hydrogen-bond acceptors (Lipinski definition) is 2. The number of nitrogens with one attached hydrogen (secondary N) is 1. The lowest BCUT2D eigenvalue weighted by Gasteiger charge is -2.17. The molecule has 1 aromatic carbocycles. The van der Waals surface area contributed by atoms with Gasteiger partial charge < -0.3 is 11.1 Å². The number of rotatable bonds is 4. The lowest BCUT2D eigenvalue weighted by atomic mass is 10.1. The van der Waals surface area contributed by atoms with E-state index in [9.17, 15) is 9.18 Å². The van der Waals surface area contributed by atoms with Gasteiger partial charge in [-0.3, -0.25) is 4.79 Å². The molecule has 1 saturated carbocycles. The summed E-state index contributed by atoms with van der Waals surface area (Å²) < 4.78 is 13.5. The van der Waals surface area contributed by atoms with Crippen LogP contribution in [0.15, 0.2) is 22.7 Å². The molecular weight excluding hydrogens is 319 g/mol. The highest BCUT2D eigenvalue weighted by Crippen LogP contribution is 2.33. The van der Waals surface area contributed by atoms with E-state index in [1.165, 1.54) is 12.1 Å². The fraction of sp³-hybridized carbons (Fsp3) is 0.333. The number of nitrogens with two attached hydrogens (primary N) is 1. The van der Waals surface area contributed by atoms with Gasteiger partial charge in [0.1, 0.15) is 5.82 Å². The van der Waals surface area contributed by atoms with Crippen molar-refractivity contribution in [2.75, 3.05) is 0 Å². The molecule has 0 heterocycles. The van der Waals surface area contributed by atoms with E-state index in [1.54, 1.807) is 6.07 Å². The molecule has 1 amide bonds. The second-order valence-corrected chi connectivity index (χ2v) is 5.56. The smallest absolute Gasteiger partial charge is 0.253 e. The number of thiocarbonyl (C=S) groups is 1. The molecule has 1 aliphatic carbocycles. The summed E-state index contributed by atoms with van der Waals surface area (Å²) in [5, 5.41) is 2.76. The predicted octanol–water partition coefficient (Wildman–Crippen LogP) is 2.38. The summed E-state index contributed by atoms with van der Waals surface area (Å²) in [5.74, 6) is -0.522. The van der Waals surface area contributed by atoms with Gasteiger partial charge in [0.2, 0.25) is 0 Å². The zero-order chi connectivity index (χ0) is 13.3. The van der Waals surface area contributed by atoms with Crippen LogP contribution in [0.5, 0.6) is 0 Å². The van der Waals surface area contributed by atoms with E-state index < -0.39 is 5.82 Å². The first-order valence-corrected chi connectivity index (χ1v) is 6.75. The largest absolute Gasteiger partial charge is 0.392 e. The molecule has 0 spiro atoms. The fourth-order valence-electron chi connectivity index (χ4n) is 1.75. The third-order valence-electron chi connectivity index (χ3n) is 2.88. The molecule has 1 fully saturated rings. The minimum Gasteiger partial charge on any atom is -0.392 e. The molecular formula is C12H12BrFN2OS. The molecule has 1 atom stereocenters. The fourth-order valence-corrected chi connectivity index (χ4v) is 2.44. The molecule has 0 bridgehead atoms. The van der Waals surface area contributed by atoms with Crippen molar-refractivity contribution in [3.05, 3.63) is 34.1 Å². The van der Waals surface area contributed by atoms with E-state index in [0.717, 1.165) is 12.8 Å². The van der Waals surface area contributed by atoms with Crippen LogP contribution in [0, 0.1) is 11.7 Å². The Morgan fingerprint density at radius 2 is 2.22 bits per heavy atom. The average Bonchev–Trinajstić information content (AvgIpc) is 3.13. The van der Waals surface area contributed by atoms with E-state index >= 15 is 0 Å². The molecule has 3 nitrogen and oxygen atoms in total. The standard InChI is InChI=1S/C12H12BrFN2OS/c13-9-7(2-1-3-8(9)14)12(17)16-10(11(15)18)6-4-5-6/h1-3,6,10H,4-5H2,(H2,15,18)(H,16,17). The summed E-state index contributed by atoms with van der Waals surface area (Å²) in [6.45, 7) is 0. The Morgan fingerprint density at radius 1 is 1.56 bits per heavy atom. The van der Waals surface area contributed by atoms with E-state index in [-0.39, 0.29) is 27.0 Å². The molecule has 96 valence electrons. The molecule has 6 heteroatoms. The van der Waals surface area contributed by atoms with E-state index in [0.29, 0.717) is 5.92 Å². The van der Waals surface area contributed by atoms with Crippen molar-refractivity contribution in [1.29, 1.82) is 0 Å². The summed E-state index contributed by atoms with van der Waals surface area (Å²) in [7, 11) is 0. The number of carbonyl (C=O) groups excluding carboxylic acids is 1. The number of halogens is 2. The Labute approximate surface area is 118 Å². The molecule has 1 aromatic rings. The van der Waals surface area contributed by atoms with Crippen LogP contribution in [-0.2, 0) is 0 Å². The maximum absolute atomic E-state index is 13.3. The molecule has 1 unspecified atom stereocenters. The van der Waals surface area contributed by atoms with Crippen molar-refractivity contribution < 1.29 is 9.18 Å². The van der Waals surface area contributed by atoms with Gasteiger partial charge in [0.05, 0.1) is 21.1 Å². The molecule has 3 N–H and O–H groups in total. The van der Waals surface area contributed by atoms with Crippen molar-refractivity contribution in [3.63, 3.8) is 0 Å². The van der Waals surface area contributed by atoms with E-state index in [1.807, 2.05) is 0 Å². The minimum absolute atomic E-state index is 0.153. The molecule has 0 aromatic heterocycles. The summed E-state index contributed by atoms with van der Waals surface area (Å²) in [5.41, 5.74) is 5.85. The van der Waals surface area contributed by atoms with Gasteiger partial charge in [-0.25, -0.2) is 4.39 Å². The number of amides is 1. The van der Waals surface area contributed by atoms with Gasteiger partial charge in [-0.2, -0.15) is 0 Å². The first-order chi connectivity index (χ1) is 8.50. The summed E-state index contributed by atoms with van der Waals surface area (Å²) >= 11 is 8.00. The van der Waals surface area contributed by atoms with Crippen LogP contribution >= 0.6 is 28.1 Å². The van der Waals surface area contributed by atoms with Crippen molar-refractivity contribution in [2.24, 2.45) is 11.7 Å². The normalized spacial score (nSPS) is 16.1. The van der Waals surface area contributed by atoms with Crippen LogP contribution in [0.4, 0.5) is 4.39 Å². The Bertz CT molecular complexity index is 505. The van der Waals surface area contributed by atoms with Gasteiger partial charge in [0.15, 0.2) is 0 Å². The highest BCUT2D eigenvalue weighted by Gasteiger charge is 2.34. The predicted molar refractivity (Wildman–Crippen MR) is 74.9 cm³/mol. The molecule has 0 aliphatic heterocycles. The topological polar surface area (TPSA) is 55.1 Å². The third-order valence-corrected chi connectivity index (χ3v) is 3.94. The van der Waals surface area contributed by atoms with E-state index in [4.69, 9.17) is 18.0 Å². The van der Waals surface area contributed by atoms with Crippen molar-refractivity contribution in [2.45, 2.75) is 18.9 Å². The van der Waals surface area contributed by atoms with Crippen LogP contribution in [0.3, 0.4) is 0 Å². The highest BCUT2D eigenvalue weighted by molar-refractivity contribution is 9.10. The van der Waals surface area contributed by atoms with Crippen LogP contribution in [0.2, 0.25) is 0 Å². The number of carbonyl (C=O) groups is 1. The first-order valence-electron chi connectivity index (χ1n) is 5.55. The molecule has 18 heavy (non-hydrogen) atoms. The van der Waals surface area contributed by atoms with Crippen LogP contribution < -0.4 is 11.1 Å². The van der Waals surface area contributed by atoms with Crippen molar-refractivity contribution >= 4 is 39.0 Å². The Kier molecular flexibility index (Phi) is 3.97. The molecule has 0 saturated heterocycles. The van der Waals surface area contributed by atoms with Crippen molar-refractivity contribution in [3.8, 4) is 0 Å². The minimum atomic E-state index is -0.471. The maximum Gasteiger partial charge on any atom is 0.253 e.